The minimum atomic E-state index is 0. The molecule has 25 heavy (non-hydrogen) atoms. The van der Waals surface area contributed by atoms with Gasteiger partial charge in [-0.25, -0.2) is 0 Å². The Hall–Kier alpha value is -1.000. The van der Waals surface area contributed by atoms with Gasteiger partial charge in [0.1, 0.15) is 5.75 Å². The summed E-state index contributed by atoms with van der Waals surface area (Å²) < 4.78 is 0. The number of hydrogen-bond acceptors (Lipinski definition) is 3. The molecule has 0 saturated carbocycles. The Labute approximate surface area is 163 Å². The third kappa shape index (κ3) is 5.75. The Morgan fingerprint density at radius 3 is 2.28 bits per heavy atom. The molecule has 0 amide bonds. The number of aromatic hydroxyl groups is 1. The molecule has 3 rings (SSSR count). The molecule has 3 nitrogen and oxygen atoms in total. The molecule has 1 aliphatic rings. The lowest BCUT2D eigenvalue weighted by Gasteiger charge is -2.36. The Balaban J connectivity index is 0.00000156. The lowest BCUT2D eigenvalue weighted by Crippen LogP contribution is -2.45. The van der Waals surface area contributed by atoms with Gasteiger partial charge in [-0.3, -0.25) is 4.90 Å². The van der Waals surface area contributed by atoms with Crippen LogP contribution in [0.15, 0.2) is 36.4 Å². The number of rotatable bonds is 5. The van der Waals surface area contributed by atoms with E-state index in [1.54, 1.807) is 6.07 Å². The smallest absolute Gasteiger partial charge is 0.116 e. The number of phenolic OH excluding ortho intramolecular Hbond substituents is 1. The summed E-state index contributed by atoms with van der Waals surface area (Å²) in [5, 5.41) is 15.4. The van der Waals surface area contributed by atoms with Crippen molar-refractivity contribution < 1.29 is 5.11 Å². The summed E-state index contributed by atoms with van der Waals surface area (Å²) in [4.78, 5) is 2.63. The highest BCUT2D eigenvalue weighted by Crippen LogP contribution is 2.31. The van der Waals surface area contributed by atoms with Crippen LogP contribution < -0.4 is 5.32 Å². The predicted octanol–water partition coefficient (Wildman–Crippen LogP) is 4.77. The lowest BCUT2D eigenvalue weighted by molar-refractivity contribution is 0.160. The number of benzene rings is 2. The van der Waals surface area contributed by atoms with Crippen molar-refractivity contribution in [3.8, 4) is 5.75 Å². The van der Waals surface area contributed by atoms with E-state index in [-0.39, 0.29) is 24.8 Å². The minimum absolute atomic E-state index is 0. The summed E-state index contributed by atoms with van der Waals surface area (Å²) in [5.74, 6) is 1.07. The fraction of sp³-hybridized carbons (Fsp3) is 0.500. The molecule has 0 bridgehead atoms. The summed E-state index contributed by atoms with van der Waals surface area (Å²) in [5.41, 5.74) is 1.41. The Morgan fingerprint density at radius 1 is 0.960 bits per heavy atom. The van der Waals surface area contributed by atoms with E-state index in [1.807, 2.05) is 12.1 Å². The van der Waals surface area contributed by atoms with Crippen molar-refractivity contribution in [2.75, 3.05) is 26.2 Å². The van der Waals surface area contributed by atoms with Crippen LogP contribution in [0, 0.1) is 5.92 Å². The number of halogens is 2. The van der Waals surface area contributed by atoms with Gasteiger partial charge in [0.05, 0.1) is 0 Å². The van der Waals surface area contributed by atoms with E-state index in [2.05, 4.69) is 42.3 Å². The van der Waals surface area contributed by atoms with Gasteiger partial charge in [-0.1, -0.05) is 32.0 Å². The van der Waals surface area contributed by atoms with Gasteiger partial charge in [0, 0.05) is 32.2 Å². The van der Waals surface area contributed by atoms with Crippen LogP contribution >= 0.6 is 24.8 Å². The highest BCUT2D eigenvalue weighted by molar-refractivity contribution is 5.86. The Kier molecular flexibility index (Phi) is 9.01. The summed E-state index contributed by atoms with van der Waals surface area (Å²) in [6, 6.07) is 12.8. The first-order valence-corrected chi connectivity index (χ1v) is 8.81. The van der Waals surface area contributed by atoms with Crippen LogP contribution in [0.4, 0.5) is 0 Å². The standard InChI is InChI=1S/C20H28N2O.2ClH/c1-15(2)3-8-20(22-11-9-21-10-12-22)18-5-4-17-14-19(23)7-6-16(17)13-18;;/h4-7,13-15,20-21,23H,3,8-12H2,1-2H3;2*1H/t20-;;/m0../s1. The van der Waals surface area contributed by atoms with E-state index in [4.69, 9.17) is 0 Å². The average molecular weight is 385 g/mol. The van der Waals surface area contributed by atoms with Crippen molar-refractivity contribution in [2.45, 2.75) is 32.7 Å². The van der Waals surface area contributed by atoms with Gasteiger partial charge in [-0.15, -0.1) is 24.8 Å². The van der Waals surface area contributed by atoms with Gasteiger partial charge in [0.25, 0.3) is 0 Å². The van der Waals surface area contributed by atoms with Crippen LogP contribution in [0.3, 0.4) is 0 Å². The summed E-state index contributed by atoms with van der Waals surface area (Å²) in [7, 11) is 0. The van der Waals surface area contributed by atoms with Crippen molar-refractivity contribution in [3.63, 3.8) is 0 Å². The molecule has 2 aromatic carbocycles. The van der Waals surface area contributed by atoms with E-state index < -0.39 is 0 Å². The molecule has 1 heterocycles. The third-order valence-electron chi connectivity index (χ3n) is 4.84. The minimum Gasteiger partial charge on any atom is -0.508 e. The van der Waals surface area contributed by atoms with Crippen molar-refractivity contribution in [2.24, 2.45) is 5.92 Å². The Morgan fingerprint density at radius 2 is 1.60 bits per heavy atom. The number of fused-ring (bicyclic) bond motifs is 1. The second-order valence-electron chi connectivity index (χ2n) is 7.06. The molecular formula is C20H30Cl2N2O. The topological polar surface area (TPSA) is 35.5 Å². The van der Waals surface area contributed by atoms with Crippen LogP contribution in [-0.4, -0.2) is 36.2 Å². The second kappa shape index (κ2) is 10.2. The first kappa shape index (κ1) is 22.0. The number of nitrogens with zero attached hydrogens (tertiary/aromatic N) is 1. The zero-order valence-electron chi connectivity index (χ0n) is 15.1. The number of hydrogen-bond donors (Lipinski definition) is 2. The van der Waals surface area contributed by atoms with Crippen molar-refractivity contribution in [1.29, 1.82) is 0 Å². The average Bonchev–Trinajstić information content (AvgIpc) is 2.56. The van der Waals surface area contributed by atoms with Gasteiger partial charge in [-0.05, 0) is 53.3 Å². The molecule has 1 aliphatic heterocycles. The van der Waals surface area contributed by atoms with Crippen LogP contribution in [0.5, 0.6) is 5.75 Å². The highest BCUT2D eigenvalue weighted by Gasteiger charge is 2.22. The SMILES string of the molecule is CC(C)CC[C@@H](c1ccc2cc(O)ccc2c1)N1CCNCC1.Cl.Cl. The summed E-state index contributed by atoms with van der Waals surface area (Å²) >= 11 is 0. The second-order valence-corrected chi connectivity index (χ2v) is 7.06. The zero-order valence-corrected chi connectivity index (χ0v) is 16.7. The monoisotopic (exact) mass is 384 g/mol. The molecule has 0 radical (unpaired) electrons. The molecule has 1 fully saturated rings. The van der Waals surface area contributed by atoms with Crippen molar-refractivity contribution in [3.05, 3.63) is 42.0 Å². The van der Waals surface area contributed by atoms with Gasteiger partial charge in [0.15, 0.2) is 0 Å². The molecular weight excluding hydrogens is 355 g/mol. The maximum atomic E-state index is 9.64. The molecule has 0 aromatic heterocycles. The fourth-order valence-electron chi connectivity index (χ4n) is 3.50. The van der Waals surface area contributed by atoms with Crippen LogP contribution in [0.1, 0.15) is 38.3 Å². The largest absolute Gasteiger partial charge is 0.508 e. The quantitative estimate of drug-likeness (QED) is 0.778. The molecule has 2 N–H and O–H groups in total. The molecule has 1 saturated heterocycles. The van der Waals surface area contributed by atoms with Gasteiger partial charge in [-0.2, -0.15) is 0 Å². The van der Waals surface area contributed by atoms with E-state index >= 15 is 0 Å². The third-order valence-corrected chi connectivity index (χ3v) is 4.84. The maximum Gasteiger partial charge on any atom is 0.116 e. The number of phenols is 1. The van der Waals surface area contributed by atoms with Crippen LogP contribution in [0.25, 0.3) is 10.8 Å². The lowest BCUT2D eigenvalue weighted by atomic mass is 9.94. The van der Waals surface area contributed by atoms with Gasteiger partial charge < -0.3 is 10.4 Å². The molecule has 0 spiro atoms. The van der Waals surface area contributed by atoms with Gasteiger partial charge in [0.2, 0.25) is 0 Å². The molecule has 2 aromatic rings. The molecule has 1 atom stereocenters. The fourth-order valence-corrected chi connectivity index (χ4v) is 3.50. The molecule has 0 unspecified atom stereocenters. The van der Waals surface area contributed by atoms with Crippen molar-refractivity contribution in [1.82, 2.24) is 10.2 Å². The number of piperazine rings is 1. The predicted molar refractivity (Wildman–Crippen MR) is 111 cm³/mol. The summed E-state index contributed by atoms with van der Waals surface area (Å²) in [6.45, 7) is 9.02. The van der Waals surface area contributed by atoms with Gasteiger partial charge >= 0.3 is 0 Å². The van der Waals surface area contributed by atoms with E-state index in [9.17, 15) is 5.11 Å². The normalized spacial score (nSPS) is 16.3. The Bertz CT molecular complexity index is 657. The maximum absolute atomic E-state index is 9.64. The zero-order chi connectivity index (χ0) is 16.2. The van der Waals surface area contributed by atoms with Crippen molar-refractivity contribution >= 4 is 35.6 Å². The van der Waals surface area contributed by atoms with E-state index in [0.717, 1.165) is 37.5 Å². The summed E-state index contributed by atoms with van der Waals surface area (Å²) in [6.07, 6.45) is 2.46. The highest BCUT2D eigenvalue weighted by atomic mass is 35.5. The molecule has 140 valence electrons. The molecule has 5 heteroatoms. The van der Waals surface area contributed by atoms with E-state index in [1.165, 1.54) is 23.8 Å². The number of nitrogens with one attached hydrogen (secondary N) is 1. The first-order chi connectivity index (χ1) is 11.1. The molecule has 0 aliphatic carbocycles. The van der Waals surface area contributed by atoms with Crippen LogP contribution in [0.2, 0.25) is 0 Å². The van der Waals surface area contributed by atoms with E-state index in [0.29, 0.717) is 11.8 Å². The van der Waals surface area contributed by atoms with Crippen LogP contribution in [-0.2, 0) is 0 Å². The first-order valence-electron chi connectivity index (χ1n) is 8.81.